The lowest BCUT2D eigenvalue weighted by Crippen LogP contribution is -2.44. The van der Waals surface area contributed by atoms with Crippen LogP contribution in [-0.4, -0.2) is 75.9 Å². The smallest absolute Gasteiger partial charge is 0.269 e. The maximum atomic E-state index is 11.3. The normalized spacial score (nSPS) is 13.7. The van der Waals surface area contributed by atoms with Crippen molar-refractivity contribution in [3.05, 3.63) is 11.6 Å². The van der Waals surface area contributed by atoms with Gasteiger partial charge in [0, 0.05) is 33.0 Å². The number of ether oxygens (including phenoxy) is 1. The van der Waals surface area contributed by atoms with Crippen molar-refractivity contribution in [2.24, 2.45) is 0 Å². The Morgan fingerprint density at radius 3 is 2.37 bits per heavy atom. The van der Waals surface area contributed by atoms with Gasteiger partial charge in [0.25, 0.3) is 5.91 Å². The molecule has 0 aliphatic carbocycles. The van der Waals surface area contributed by atoms with Crippen molar-refractivity contribution in [3.63, 3.8) is 0 Å². The topological polar surface area (TPSA) is 140 Å². The minimum atomic E-state index is -1.29. The Morgan fingerprint density at radius 2 is 1.85 bits per heavy atom. The summed E-state index contributed by atoms with van der Waals surface area (Å²) in [6.45, 7) is 4.80. The predicted molar refractivity (Wildman–Crippen MR) is 95.5 cm³/mol. The molecule has 3 amide bonds. The summed E-state index contributed by atoms with van der Waals surface area (Å²) in [4.78, 5) is 34.0. The van der Waals surface area contributed by atoms with Gasteiger partial charge in [-0.3, -0.25) is 24.8 Å². The molecule has 156 valence electrons. The molecule has 0 aromatic carbocycles. The van der Waals surface area contributed by atoms with E-state index < -0.39 is 24.1 Å². The van der Waals surface area contributed by atoms with E-state index in [4.69, 9.17) is 9.94 Å². The molecule has 0 aromatic rings. The van der Waals surface area contributed by atoms with E-state index in [1.165, 1.54) is 20.0 Å². The summed E-state index contributed by atoms with van der Waals surface area (Å²) in [5.74, 6) is -1.33. The number of aliphatic hydroxyl groups excluding tert-OH is 1. The molecule has 0 fully saturated rings. The second-order valence-electron chi connectivity index (χ2n) is 6.18. The lowest BCUT2D eigenvalue weighted by atomic mass is 10.1. The molecule has 0 saturated carbocycles. The van der Waals surface area contributed by atoms with Crippen molar-refractivity contribution >= 4 is 17.7 Å². The lowest BCUT2D eigenvalue weighted by molar-refractivity contribution is -0.165. The summed E-state index contributed by atoms with van der Waals surface area (Å²) >= 11 is 0. The molecule has 2 atom stereocenters. The van der Waals surface area contributed by atoms with Crippen molar-refractivity contribution in [3.8, 4) is 0 Å². The maximum absolute atomic E-state index is 11.3. The highest BCUT2D eigenvalue weighted by Crippen LogP contribution is 2.09. The molecule has 0 saturated heterocycles. The van der Waals surface area contributed by atoms with Gasteiger partial charge in [-0.1, -0.05) is 12.5 Å². The van der Waals surface area contributed by atoms with Gasteiger partial charge in [0.05, 0.1) is 12.6 Å². The molecule has 0 aliphatic heterocycles. The van der Waals surface area contributed by atoms with E-state index in [0.29, 0.717) is 28.5 Å². The van der Waals surface area contributed by atoms with Crippen LogP contribution in [0.2, 0.25) is 0 Å². The molecular formula is C17H31N3O7. The Balaban J connectivity index is 4.48. The fourth-order valence-electron chi connectivity index (χ4n) is 2.15. The van der Waals surface area contributed by atoms with Crippen LogP contribution in [0.25, 0.3) is 0 Å². The first-order valence-electron chi connectivity index (χ1n) is 8.78. The highest BCUT2D eigenvalue weighted by atomic mass is 16.6. The third kappa shape index (κ3) is 11.3. The molecule has 0 unspecified atom stereocenters. The van der Waals surface area contributed by atoms with Gasteiger partial charge in [-0.05, 0) is 26.2 Å². The molecule has 4 N–H and O–H groups in total. The highest BCUT2D eigenvalue weighted by molar-refractivity contribution is 5.87. The number of nitrogens with one attached hydrogen (secondary N) is 1. The summed E-state index contributed by atoms with van der Waals surface area (Å²) < 4.78 is 5.31. The van der Waals surface area contributed by atoms with Crippen LogP contribution in [0.15, 0.2) is 11.6 Å². The summed E-state index contributed by atoms with van der Waals surface area (Å²) in [7, 11) is 1.21. The maximum Gasteiger partial charge on any atom is 0.269 e. The molecule has 0 rings (SSSR count). The Hall–Kier alpha value is -2.01. The van der Waals surface area contributed by atoms with Crippen LogP contribution in [0.4, 0.5) is 0 Å². The lowest BCUT2D eigenvalue weighted by Gasteiger charge is -2.24. The monoisotopic (exact) mass is 389 g/mol. The van der Waals surface area contributed by atoms with E-state index in [1.807, 2.05) is 0 Å². The molecule has 0 spiro atoms. The SMILES string of the molecule is CCC(=O)N(O)CCC[C@H](NC(C)=O)[C@@H](O)OCC/C(C)=C\C(=O)N(C)O. The highest BCUT2D eigenvalue weighted by Gasteiger charge is 2.21. The van der Waals surface area contributed by atoms with Gasteiger partial charge >= 0.3 is 0 Å². The van der Waals surface area contributed by atoms with E-state index in [2.05, 4.69) is 5.32 Å². The fourth-order valence-corrected chi connectivity index (χ4v) is 2.15. The third-order valence-corrected chi connectivity index (χ3v) is 3.68. The van der Waals surface area contributed by atoms with Crippen LogP contribution in [-0.2, 0) is 19.1 Å². The van der Waals surface area contributed by atoms with E-state index >= 15 is 0 Å². The number of carbonyl (C=O) groups excluding carboxylic acids is 3. The zero-order chi connectivity index (χ0) is 21.0. The van der Waals surface area contributed by atoms with Gasteiger partial charge in [0.15, 0.2) is 6.29 Å². The quantitative estimate of drug-likeness (QED) is 0.164. The average molecular weight is 389 g/mol. The van der Waals surface area contributed by atoms with Crippen molar-refractivity contribution in [1.82, 2.24) is 15.4 Å². The molecular weight excluding hydrogens is 358 g/mol. The van der Waals surface area contributed by atoms with Crippen LogP contribution < -0.4 is 5.32 Å². The molecule has 0 bridgehead atoms. The molecule has 27 heavy (non-hydrogen) atoms. The number of likely N-dealkylation sites (N-methyl/N-ethyl adjacent to an activating group) is 1. The largest absolute Gasteiger partial charge is 0.366 e. The number of amides is 3. The average Bonchev–Trinajstić information content (AvgIpc) is 2.59. The van der Waals surface area contributed by atoms with Crippen LogP contribution in [0.1, 0.15) is 46.5 Å². The first-order chi connectivity index (χ1) is 12.6. The van der Waals surface area contributed by atoms with E-state index in [-0.39, 0.29) is 31.9 Å². The third-order valence-electron chi connectivity index (χ3n) is 3.68. The molecule has 0 radical (unpaired) electrons. The Labute approximate surface area is 159 Å². The first-order valence-corrected chi connectivity index (χ1v) is 8.78. The summed E-state index contributed by atoms with van der Waals surface area (Å²) in [5, 5.41) is 32.3. The Kier molecular flexibility index (Phi) is 12.2. The number of rotatable bonds is 12. The molecule has 0 aliphatic rings. The van der Waals surface area contributed by atoms with Gasteiger partial charge in [-0.15, -0.1) is 0 Å². The van der Waals surface area contributed by atoms with Crippen molar-refractivity contribution < 1.29 is 34.6 Å². The number of nitrogens with zero attached hydrogens (tertiary/aromatic N) is 2. The van der Waals surface area contributed by atoms with Crippen LogP contribution >= 0.6 is 0 Å². The molecule has 0 aromatic heterocycles. The number of hydroxylamine groups is 4. The van der Waals surface area contributed by atoms with Gasteiger partial charge in [0.1, 0.15) is 0 Å². The van der Waals surface area contributed by atoms with Crippen molar-refractivity contribution in [2.75, 3.05) is 20.2 Å². The summed E-state index contributed by atoms with van der Waals surface area (Å²) in [6, 6.07) is -0.706. The molecule has 0 heterocycles. The zero-order valence-electron chi connectivity index (χ0n) is 16.3. The standard InChI is InChI=1S/C17H31N3O7/c1-5-15(22)20(26)9-6-7-14(18-13(3)21)17(24)27-10-8-12(2)11-16(23)19(4)25/h11,14,17,24-26H,5-10H2,1-4H3,(H,18,21)/b12-11-/t14-,17-/m0/s1. The van der Waals surface area contributed by atoms with Crippen LogP contribution in [0.5, 0.6) is 0 Å². The predicted octanol–water partition coefficient (Wildman–Crippen LogP) is 0.418. The fraction of sp³-hybridized carbons (Fsp3) is 0.706. The van der Waals surface area contributed by atoms with Gasteiger partial charge < -0.3 is 15.2 Å². The Morgan fingerprint density at radius 1 is 1.22 bits per heavy atom. The number of aliphatic hydroxyl groups is 1. The van der Waals surface area contributed by atoms with Crippen LogP contribution in [0, 0.1) is 0 Å². The molecule has 10 nitrogen and oxygen atoms in total. The molecule has 10 heteroatoms. The number of hydrogen-bond donors (Lipinski definition) is 4. The summed E-state index contributed by atoms with van der Waals surface area (Å²) in [5.41, 5.74) is 0.651. The van der Waals surface area contributed by atoms with Crippen molar-refractivity contribution in [2.45, 2.75) is 58.8 Å². The van der Waals surface area contributed by atoms with Crippen molar-refractivity contribution in [1.29, 1.82) is 0 Å². The van der Waals surface area contributed by atoms with Gasteiger partial charge in [-0.25, -0.2) is 10.1 Å². The first kappa shape index (κ1) is 25.0. The second-order valence-corrected chi connectivity index (χ2v) is 6.18. The van der Waals surface area contributed by atoms with E-state index in [1.54, 1.807) is 13.8 Å². The minimum absolute atomic E-state index is 0.0775. The van der Waals surface area contributed by atoms with Gasteiger partial charge in [-0.2, -0.15) is 0 Å². The summed E-state index contributed by atoms with van der Waals surface area (Å²) in [6.07, 6.45) is 1.13. The van der Waals surface area contributed by atoms with Crippen LogP contribution in [0.3, 0.4) is 0 Å². The minimum Gasteiger partial charge on any atom is -0.366 e. The Bertz CT molecular complexity index is 523. The van der Waals surface area contributed by atoms with Gasteiger partial charge in [0.2, 0.25) is 11.8 Å². The van der Waals surface area contributed by atoms with E-state index in [0.717, 1.165) is 0 Å². The zero-order valence-corrected chi connectivity index (χ0v) is 16.3. The second kappa shape index (κ2) is 13.2. The number of carbonyl (C=O) groups is 3. The van der Waals surface area contributed by atoms with E-state index in [9.17, 15) is 24.7 Å². The number of hydrogen-bond acceptors (Lipinski definition) is 7.